The molecule has 0 unspecified atom stereocenters. The normalized spacial score (nSPS) is 17.2. The maximum atomic E-state index is 11.8. The molecule has 0 saturated heterocycles. The van der Waals surface area contributed by atoms with Crippen LogP contribution in [0.1, 0.15) is 37.7 Å². The lowest BCUT2D eigenvalue weighted by Gasteiger charge is -2.22. The molecule has 1 saturated carbocycles. The molecule has 0 bridgehead atoms. The van der Waals surface area contributed by atoms with Crippen molar-refractivity contribution in [1.82, 2.24) is 10.7 Å². The van der Waals surface area contributed by atoms with E-state index >= 15 is 0 Å². The van der Waals surface area contributed by atoms with Gasteiger partial charge in [-0.3, -0.25) is 9.59 Å². The van der Waals surface area contributed by atoms with Crippen molar-refractivity contribution < 1.29 is 19.1 Å². The van der Waals surface area contributed by atoms with Crippen LogP contribution in [-0.2, 0) is 9.59 Å². The molecule has 7 nitrogen and oxygen atoms in total. The van der Waals surface area contributed by atoms with E-state index in [1.54, 1.807) is 18.2 Å². The van der Waals surface area contributed by atoms with Gasteiger partial charge in [0.1, 0.15) is 0 Å². The minimum Gasteiger partial charge on any atom is -0.454 e. The molecule has 2 aliphatic rings. The highest BCUT2D eigenvalue weighted by molar-refractivity contribution is 6.35. The van der Waals surface area contributed by atoms with Crippen molar-refractivity contribution in [2.24, 2.45) is 5.10 Å². The van der Waals surface area contributed by atoms with Gasteiger partial charge in [-0.05, 0) is 36.6 Å². The zero-order valence-electron chi connectivity index (χ0n) is 12.7. The van der Waals surface area contributed by atoms with Crippen LogP contribution in [0.15, 0.2) is 23.3 Å². The summed E-state index contributed by atoms with van der Waals surface area (Å²) in [5.74, 6) is -0.0827. The first-order chi connectivity index (χ1) is 11.2. The first-order valence-electron chi connectivity index (χ1n) is 7.76. The third kappa shape index (κ3) is 4.00. The Kier molecular flexibility index (Phi) is 4.75. The second-order valence-electron chi connectivity index (χ2n) is 5.62. The van der Waals surface area contributed by atoms with Crippen molar-refractivity contribution in [3.63, 3.8) is 0 Å². The number of rotatable bonds is 3. The van der Waals surface area contributed by atoms with Crippen LogP contribution in [0.25, 0.3) is 0 Å². The monoisotopic (exact) mass is 317 g/mol. The summed E-state index contributed by atoms with van der Waals surface area (Å²) >= 11 is 0. The van der Waals surface area contributed by atoms with Gasteiger partial charge in [-0.25, -0.2) is 5.43 Å². The molecule has 1 fully saturated rings. The molecule has 0 aromatic heterocycles. The molecule has 1 aliphatic carbocycles. The van der Waals surface area contributed by atoms with E-state index < -0.39 is 11.8 Å². The number of hydrazone groups is 1. The summed E-state index contributed by atoms with van der Waals surface area (Å²) in [6.07, 6.45) is 6.69. The van der Waals surface area contributed by atoms with E-state index in [2.05, 4.69) is 15.8 Å². The number of ether oxygens (including phenoxy) is 2. The molecule has 3 rings (SSSR count). The van der Waals surface area contributed by atoms with E-state index in [0.29, 0.717) is 11.5 Å². The standard InChI is InChI=1S/C16H19N3O4/c20-15(18-12-4-2-1-3-5-12)16(21)19-17-9-11-6-7-13-14(8-11)23-10-22-13/h6-9,12H,1-5,10H2,(H,18,20)(H,19,21). The quantitative estimate of drug-likeness (QED) is 0.500. The maximum Gasteiger partial charge on any atom is 0.329 e. The highest BCUT2D eigenvalue weighted by Gasteiger charge is 2.20. The molecular weight excluding hydrogens is 298 g/mol. The summed E-state index contributed by atoms with van der Waals surface area (Å²) in [4.78, 5) is 23.5. The molecule has 1 aromatic rings. The molecule has 122 valence electrons. The summed E-state index contributed by atoms with van der Waals surface area (Å²) in [6, 6.07) is 5.40. The highest BCUT2D eigenvalue weighted by Crippen LogP contribution is 2.31. The van der Waals surface area contributed by atoms with Crippen molar-refractivity contribution in [1.29, 1.82) is 0 Å². The molecule has 2 amide bonds. The van der Waals surface area contributed by atoms with Gasteiger partial charge in [0.05, 0.1) is 6.21 Å². The number of fused-ring (bicyclic) bond motifs is 1. The van der Waals surface area contributed by atoms with Crippen molar-refractivity contribution in [3.8, 4) is 11.5 Å². The van der Waals surface area contributed by atoms with Crippen molar-refractivity contribution >= 4 is 18.0 Å². The molecular formula is C16H19N3O4. The molecule has 23 heavy (non-hydrogen) atoms. The molecule has 0 radical (unpaired) electrons. The summed E-state index contributed by atoms with van der Waals surface area (Å²) in [7, 11) is 0. The Hall–Kier alpha value is -2.57. The van der Waals surface area contributed by atoms with Crippen LogP contribution < -0.4 is 20.2 Å². The van der Waals surface area contributed by atoms with Crippen LogP contribution in [-0.4, -0.2) is 30.9 Å². The summed E-state index contributed by atoms with van der Waals surface area (Å²) < 4.78 is 10.5. The van der Waals surface area contributed by atoms with Gasteiger partial charge >= 0.3 is 11.8 Å². The second-order valence-corrected chi connectivity index (χ2v) is 5.62. The van der Waals surface area contributed by atoms with E-state index in [0.717, 1.165) is 31.2 Å². The number of carbonyl (C=O) groups is 2. The topological polar surface area (TPSA) is 89.0 Å². The van der Waals surface area contributed by atoms with E-state index in [1.165, 1.54) is 12.6 Å². The van der Waals surface area contributed by atoms with Crippen molar-refractivity contribution in [2.45, 2.75) is 38.1 Å². The predicted molar refractivity (Wildman–Crippen MR) is 83.3 cm³/mol. The third-order valence-corrected chi connectivity index (χ3v) is 3.92. The number of hydrogen-bond acceptors (Lipinski definition) is 5. The SMILES string of the molecule is O=C(NN=Cc1ccc2c(c1)OCO2)C(=O)NC1CCCCC1. The van der Waals surface area contributed by atoms with E-state index in [9.17, 15) is 9.59 Å². The lowest BCUT2D eigenvalue weighted by Crippen LogP contribution is -2.44. The van der Waals surface area contributed by atoms with Gasteiger partial charge in [-0.15, -0.1) is 0 Å². The number of hydrogen-bond donors (Lipinski definition) is 2. The fourth-order valence-electron chi connectivity index (χ4n) is 2.71. The maximum absolute atomic E-state index is 11.8. The zero-order valence-corrected chi connectivity index (χ0v) is 12.7. The van der Waals surface area contributed by atoms with Crippen LogP contribution in [0.4, 0.5) is 0 Å². The van der Waals surface area contributed by atoms with Crippen LogP contribution in [0.2, 0.25) is 0 Å². The van der Waals surface area contributed by atoms with Crippen molar-refractivity contribution in [3.05, 3.63) is 23.8 Å². The van der Waals surface area contributed by atoms with Gasteiger partial charge in [-0.2, -0.15) is 5.10 Å². The number of amides is 2. The fourth-order valence-corrected chi connectivity index (χ4v) is 2.71. The Morgan fingerprint density at radius 1 is 1.09 bits per heavy atom. The minimum absolute atomic E-state index is 0.0971. The molecule has 0 atom stereocenters. The number of benzene rings is 1. The molecule has 7 heteroatoms. The van der Waals surface area contributed by atoms with Gasteiger partial charge in [0, 0.05) is 6.04 Å². The smallest absolute Gasteiger partial charge is 0.329 e. The zero-order chi connectivity index (χ0) is 16.1. The Morgan fingerprint density at radius 2 is 1.87 bits per heavy atom. The van der Waals surface area contributed by atoms with Gasteiger partial charge in [0.15, 0.2) is 11.5 Å². The molecule has 2 N–H and O–H groups in total. The van der Waals surface area contributed by atoms with E-state index in [-0.39, 0.29) is 12.8 Å². The summed E-state index contributed by atoms with van der Waals surface area (Å²) in [5, 5.41) is 6.54. The van der Waals surface area contributed by atoms with Gasteiger partial charge in [0.25, 0.3) is 0 Å². The Labute approximate surface area is 134 Å². The van der Waals surface area contributed by atoms with Crippen LogP contribution >= 0.6 is 0 Å². The van der Waals surface area contributed by atoms with Crippen LogP contribution in [0, 0.1) is 0 Å². The Bertz CT molecular complexity index is 624. The average Bonchev–Trinajstić information content (AvgIpc) is 3.03. The first-order valence-corrected chi connectivity index (χ1v) is 7.76. The second kappa shape index (κ2) is 7.13. The van der Waals surface area contributed by atoms with Gasteiger partial charge in [0.2, 0.25) is 6.79 Å². The molecule has 0 spiro atoms. The lowest BCUT2D eigenvalue weighted by atomic mass is 9.95. The van der Waals surface area contributed by atoms with Crippen LogP contribution in [0.5, 0.6) is 11.5 Å². The lowest BCUT2D eigenvalue weighted by molar-refractivity contribution is -0.139. The van der Waals surface area contributed by atoms with E-state index in [1.807, 2.05) is 0 Å². The molecule has 1 heterocycles. The fraction of sp³-hybridized carbons (Fsp3) is 0.438. The first kappa shape index (κ1) is 15.3. The minimum atomic E-state index is -0.757. The van der Waals surface area contributed by atoms with E-state index in [4.69, 9.17) is 9.47 Å². The van der Waals surface area contributed by atoms with Gasteiger partial charge in [-0.1, -0.05) is 19.3 Å². The summed E-state index contributed by atoms with van der Waals surface area (Å²) in [5.41, 5.74) is 2.97. The number of nitrogens with one attached hydrogen (secondary N) is 2. The third-order valence-electron chi connectivity index (χ3n) is 3.92. The largest absolute Gasteiger partial charge is 0.454 e. The number of carbonyl (C=O) groups excluding carboxylic acids is 2. The average molecular weight is 317 g/mol. The van der Waals surface area contributed by atoms with Crippen molar-refractivity contribution in [2.75, 3.05) is 6.79 Å². The Morgan fingerprint density at radius 3 is 2.70 bits per heavy atom. The summed E-state index contributed by atoms with van der Waals surface area (Å²) in [6.45, 7) is 0.202. The predicted octanol–water partition coefficient (Wildman–Crippen LogP) is 1.31. The number of nitrogens with zero attached hydrogens (tertiary/aromatic N) is 1. The van der Waals surface area contributed by atoms with Gasteiger partial charge < -0.3 is 14.8 Å². The highest BCUT2D eigenvalue weighted by atomic mass is 16.7. The molecule has 1 aliphatic heterocycles. The Balaban J connectivity index is 1.48. The van der Waals surface area contributed by atoms with Crippen LogP contribution in [0.3, 0.4) is 0 Å². The molecule has 1 aromatic carbocycles.